The van der Waals surface area contributed by atoms with Gasteiger partial charge < -0.3 is 14.8 Å². The second-order valence-electron chi connectivity index (χ2n) is 3.50. The van der Waals surface area contributed by atoms with Crippen LogP contribution in [0.15, 0.2) is 24.3 Å². The fraction of sp³-hybridized carbons (Fsp3) is 0.500. The Bertz CT molecular complexity index is 307. The Morgan fingerprint density at radius 3 is 2.75 bits per heavy atom. The Kier molecular flexibility index (Phi) is 6.23. The van der Waals surface area contributed by atoms with E-state index in [1.165, 1.54) is 0 Å². The average Bonchev–Trinajstić information content (AvgIpc) is 2.30. The van der Waals surface area contributed by atoms with Crippen molar-refractivity contribution in [2.24, 2.45) is 0 Å². The van der Waals surface area contributed by atoms with E-state index in [1.807, 2.05) is 24.3 Å². The summed E-state index contributed by atoms with van der Waals surface area (Å²) in [7, 11) is 3.32. The normalized spacial score (nSPS) is 12.4. The molecule has 3 nitrogen and oxygen atoms in total. The van der Waals surface area contributed by atoms with Crippen LogP contribution in [0, 0.1) is 0 Å². The number of hydrogen-bond donors (Lipinski definition) is 1. The smallest absolute Gasteiger partial charge is 0.123 e. The van der Waals surface area contributed by atoms with E-state index in [1.54, 1.807) is 14.2 Å². The number of para-hydroxylation sites is 1. The summed E-state index contributed by atoms with van der Waals surface area (Å²) in [5.41, 5.74) is 1.13. The number of nitrogens with one attached hydrogen (secondary N) is 1. The molecule has 1 aromatic carbocycles. The third kappa shape index (κ3) is 4.39. The SMILES string of the molecule is COCC(Cl)CNCc1ccccc1OC. The van der Waals surface area contributed by atoms with E-state index < -0.39 is 0 Å². The molecule has 90 valence electrons. The van der Waals surface area contributed by atoms with Crippen LogP contribution in [-0.2, 0) is 11.3 Å². The summed E-state index contributed by atoms with van der Waals surface area (Å²) < 4.78 is 10.2. The lowest BCUT2D eigenvalue weighted by atomic mass is 10.2. The average molecular weight is 244 g/mol. The van der Waals surface area contributed by atoms with Gasteiger partial charge in [0.2, 0.25) is 0 Å². The fourth-order valence-electron chi connectivity index (χ4n) is 1.45. The monoisotopic (exact) mass is 243 g/mol. The van der Waals surface area contributed by atoms with Gasteiger partial charge >= 0.3 is 0 Å². The second kappa shape index (κ2) is 7.49. The number of hydrogen-bond acceptors (Lipinski definition) is 3. The Morgan fingerprint density at radius 2 is 2.06 bits per heavy atom. The highest BCUT2D eigenvalue weighted by atomic mass is 35.5. The second-order valence-corrected chi connectivity index (χ2v) is 4.11. The van der Waals surface area contributed by atoms with Crippen LogP contribution in [0.2, 0.25) is 0 Å². The first-order valence-electron chi connectivity index (χ1n) is 5.23. The summed E-state index contributed by atoms with van der Waals surface area (Å²) >= 11 is 6.00. The van der Waals surface area contributed by atoms with Crippen LogP contribution >= 0.6 is 11.6 Å². The third-order valence-corrected chi connectivity index (χ3v) is 2.50. The maximum absolute atomic E-state index is 6.00. The summed E-state index contributed by atoms with van der Waals surface area (Å²) in [5.74, 6) is 0.896. The van der Waals surface area contributed by atoms with Crippen LogP contribution in [0.1, 0.15) is 5.56 Å². The van der Waals surface area contributed by atoms with Gasteiger partial charge in [-0.05, 0) is 6.07 Å². The molecular weight excluding hydrogens is 226 g/mol. The highest BCUT2D eigenvalue weighted by Gasteiger charge is 2.04. The van der Waals surface area contributed by atoms with Gasteiger partial charge in [0.15, 0.2) is 0 Å². The summed E-state index contributed by atoms with van der Waals surface area (Å²) in [4.78, 5) is 0. The van der Waals surface area contributed by atoms with Crippen LogP contribution in [-0.4, -0.2) is 32.7 Å². The number of methoxy groups -OCH3 is 2. The quantitative estimate of drug-likeness (QED) is 0.744. The summed E-state index contributed by atoms with van der Waals surface area (Å²) in [6.45, 7) is 2.02. The van der Waals surface area contributed by atoms with Gasteiger partial charge in [0.1, 0.15) is 5.75 Å². The maximum Gasteiger partial charge on any atom is 0.123 e. The predicted molar refractivity (Wildman–Crippen MR) is 66.2 cm³/mol. The molecule has 0 bridgehead atoms. The molecule has 0 fully saturated rings. The lowest BCUT2D eigenvalue weighted by molar-refractivity contribution is 0.197. The fourth-order valence-corrected chi connectivity index (χ4v) is 1.69. The Hall–Kier alpha value is -0.770. The van der Waals surface area contributed by atoms with Gasteiger partial charge in [0, 0.05) is 25.8 Å². The van der Waals surface area contributed by atoms with E-state index >= 15 is 0 Å². The minimum absolute atomic E-state index is 0.000271. The number of rotatable bonds is 7. The molecular formula is C12H18ClNO2. The molecule has 0 saturated carbocycles. The van der Waals surface area contributed by atoms with Crippen LogP contribution < -0.4 is 10.1 Å². The van der Waals surface area contributed by atoms with Crippen molar-refractivity contribution in [3.8, 4) is 5.75 Å². The van der Waals surface area contributed by atoms with Gasteiger partial charge in [0.25, 0.3) is 0 Å². The van der Waals surface area contributed by atoms with E-state index in [-0.39, 0.29) is 5.38 Å². The Labute approximate surface area is 102 Å². The third-order valence-electron chi connectivity index (χ3n) is 2.22. The molecule has 0 radical (unpaired) electrons. The molecule has 0 aromatic heterocycles. The molecule has 1 N–H and O–H groups in total. The van der Waals surface area contributed by atoms with E-state index in [4.69, 9.17) is 21.1 Å². The van der Waals surface area contributed by atoms with Crippen molar-refractivity contribution in [2.75, 3.05) is 27.4 Å². The molecule has 0 saturated heterocycles. The molecule has 0 amide bonds. The zero-order valence-electron chi connectivity index (χ0n) is 9.70. The minimum atomic E-state index is -0.000271. The molecule has 1 rings (SSSR count). The molecule has 0 heterocycles. The molecule has 1 aromatic rings. The van der Waals surface area contributed by atoms with Crippen molar-refractivity contribution in [3.05, 3.63) is 29.8 Å². The molecule has 0 aliphatic carbocycles. The van der Waals surface area contributed by atoms with E-state index in [2.05, 4.69) is 5.32 Å². The van der Waals surface area contributed by atoms with Gasteiger partial charge in [-0.3, -0.25) is 0 Å². The van der Waals surface area contributed by atoms with Crippen molar-refractivity contribution in [2.45, 2.75) is 11.9 Å². The zero-order chi connectivity index (χ0) is 11.8. The maximum atomic E-state index is 6.00. The van der Waals surface area contributed by atoms with Crippen molar-refractivity contribution in [1.82, 2.24) is 5.32 Å². The van der Waals surface area contributed by atoms with Crippen molar-refractivity contribution >= 4 is 11.6 Å². The molecule has 0 aliphatic rings. The lowest BCUT2D eigenvalue weighted by Gasteiger charge is -2.11. The Morgan fingerprint density at radius 1 is 1.31 bits per heavy atom. The summed E-state index contributed by atoms with van der Waals surface area (Å²) in [5, 5.41) is 3.27. The first-order valence-corrected chi connectivity index (χ1v) is 5.67. The summed E-state index contributed by atoms with van der Waals surface area (Å²) in [6.07, 6.45) is 0. The van der Waals surface area contributed by atoms with Crippen LogP contribution in [0.5, 0.6) is 5.75 Å². The largest absolute Gasteiger partial charge is 0.496 e. The standard InChI is InChI=1S/C12H18ClNO2/c1-15-9-11(13)8-14-7-10-5-3-4-6-12(10)16-2/h3-6,11,14H,7-9H2,1-2H3. The van der Waals surface area contributed by atoms with Gasteiger partial charge in [-0.15, -0.1) is 11.6 Å². The number of benzene rings is 1. The van der Waals surface area contributed by atoms with Crippen LogP contribution in [0.4, 0.5) is 0 Å². The van der Waals surface area contributed by atoms with Gasteiger partial charge in [-0.1, -0.05) is 18.2 Å². The first-order chi connectivity index (χ1) is 7.77. The molecule has 1 atom stereocenters. The highest BCUT2D eigenvalue weighted by molar-refractivity contribution is 6.20. The van der Waals surface area contributed by atoms with Crippen LogP contribution in [0.25, 0.3) is 0 Å². The van der Waals surface area contributed by atoms with Gasteiger partial charge in [0.05, 0.1) is 19.1 Å². The van der Waals surface area contributed by atoms with E-state index in [9.17, 15) is 0 Å². The molecule has 16 heavy (non-hydrogen) atoms. The van der Waals surface area contributed by atoms with E-state index in [0.717, 1.165) is 17.9 Å². The lowest BCUT2D eigenvalue weighted by Crippen LogP contribution is -2.26. The van der Waals surface area contributed by atoms with Crippen LogP contribution in [0.3, 0.4) is 0 Å². The molecule has 1 unspecified atom stereocenters. The van der Waals surface area contributed by atoms with Crippen molar-refractivity contribution in [1.29, 1.82) is 0 Å². The minimum Gasteiger partial charge on any atom is -0.496 e. The van der Waals surface area contributed by atoms with Gasteiger partial charge in [-0.25, -0.2) is 0 Å². The predicted octanol–water partition coefficient (Wildman–Crippen LogP) is 2.04. The first kappa shape index (κ1) is 13.3. The highest BCUT2D eigenvalue weighted by Crippen LogP contribution is 2.16. The van der Waals surface area contributed by atoms with E-state index in [0.29, 0.717) is 13.2 Å². The molecule has 0 aliphatic heterocycles. The van der Waals surface area contributed by atoms with Crippen molar-refractivity contribution < 1.29 is 9.47 Å². The number of alkyl halides is 1. The Balaban J connectivity index is 2.36. The number of ether oxygens (including phenoxy) is 2. The number of halogens is 1. The molecule has 0 spiro atoms. The molecule has 4 heteroatoms. The zero-order valence-corrected chi connectivity index (χ0v) is 10.5. The van der Waals surface area contributed by atoms with Gasteiger partial charge in [-0.2, -0.15) is 0 Å². The topological polar surface area (TPSA) is 30.5 Å². The van der Waals surface area contributed by atoms with Crippen molar-refractivity contribution in [3.63, 3.8) is 0 Å². The summed E-state index contributed by atoms with van der Waals surface area (Å²) in [6, 6.07) is 7.93.